The highest BCUT2D eigenvalue weighted by Crippen LogP contribution is 2.30. The van der Waals surface area contributed by atoms with Crippen molar-refractivity contribution in [1.29, 1.82) is 0 Å². The van der Waals surface area contributed by atoms with Gasteiger partial charge in [0.05, 0.1) is 27.9 Å². The zero-order valence-electron chi connectivity index (χ0n) is 16.1. The van der Waals surface area contributed by atoms with Crippen LogP contribution in [0.25, 0.3) is 0 Å². The van der Waals surface area contributed by atoms with Crippen molar-refractivity contribution in [3.8, 4) is 23.0 Å². The minimum atomic E-state index is -0.292. The van der Waals surface area contributed by atoms with Crippen molar-refractivity contribution in [3.63, 3.8) is 0 Å². The molecule has 0 aliphatic carbocycles. The van der Waals surface area contributed by atoms with Gasteiger partial charge in [0.2, 0.25) is 0 Å². The van der Waals surface area contributed by atoms with Crippen LogP contribution in [-0.2, 0) is 6.42 Å². The lowest BCUT2D eigenvalue weighted by Crippen LogP contribution is -2.30. The number of nitrogens with one attached hydrogen (secondary N) is 2. The summed E-state index contributed by atoms with van der Waals surface area (Å²) in [5, 5.41) is 5.60. The predicted octanol–water partition coefficient (Wildman–Crippen LogP) is 3.48. The van der Waals surface area contributed by atoms with Gasteiger partial charge in [-0.05, 0) is 43.2 Å². The van der Waals surface area contributed by atoms with E-state index in [1.54, 1.807) is 39.5 Å². The summed E-state index contributed by atoms with van der Waals surface area (Å²) < 4.78 is 21.2. The SMILES string of the molecule is CCOc1ccc(CCNC(=O)Nc2ccc(OC)c(OC)c2)cc1OC. The van der Waals surface area contributed by atoms with E-state index in [1.165, 1.54) is 0 Å². The number of carbonyl (C=O) groups is 1. The molecule has 2 aromatic rings. The molecule has 0 atom stereocenters. The van der Waals surface area contributed by atoms with Crippen LogP contribution < -0.4 is 29.6 Å². The van der Waals surface area contributed by atoms with Gasteiger partial charge in [-0.25, -0.2) is 4.79 Å². The van der Waals surface area contributed by atoms with E-state index in [1.807, 2.05) is 25.1 Å². The van der Waals surface area contributed by atoms with E-state index in [2.05, 4.69) is 10.6 Å². The van der Waals surface area contributed by atoms with Gasteiger partial charge < -0.3 is 29.6 Å². The average molecular weight is 374 g/mol. The van der Waals surface area contributed by atoms with E-state index < -0.39 is 0 Å². The minimum Gasteiger partial charge on any atom is -0.493 e. The van der Waals surface area contributed by atoms with E-state index in [0.717, 1.165) is 5.56 Å². The largest absolute Gasteiger partial charge is 0.493 e. The maximum absolute atomic E-state index is 12.1. The predicted molar refractivity (Wildman–Crippen MR) is 104 cm³/mol. The molecule has 0 bridgehead atoms. The summed E-state index contributed by atoms with van der Waals surface area (Å²) in [6.45, 7) is 2.98. The first-order chi connectivity index (χ1) is 13.1. The molecule has 0 radical (unpaired) electrons. The van der Waals surface area contributed by atoms with Gasteiger partial charge in [0.1, 0.15) is 0 Å². The number of anilines is 1. The van der Waals surface area contributed by atoms with Crippen LogP contribution in [0.3, 0.4) is 0 Å². The van der Waals surface area contributed by atoms with E-state index in [4.69, 9.17) is 18.9 Å². The summed E-state index contributed by atoms with van der Waals surface area (Å²) in [6, 6.07) is 10.6. The Morgan fingerprint density at radius 2 is 1.56 bits per heavy atom. The summed E-state index contributed by atoms with van der Waals surface area (Å²) in [5.41, 5.74) is 1.66. The van der Waals surface area contributed by atoms with E-state index in [9.17, 15) is 4.79 Å². The first-order valence-electron chi connectivity index (χ1n) is 8.67. The molecule has 0 aliphatic heterocycles. The first kappa shape index (κ1) is 20.2. The van der Waals surface area contributed by atoms with Crippen LogP contribution in [-0.4, -0.2) is 40.5 Å². The number of hydrogen-bond donors (Lipinski definition) is 2. The molecular formula is C20H26N2O5. The molecule has 146 valence electrons. The molecule has 7 nitrogen and oxygen atoms in total. The van der Waals surface area contributed by atoms with Gasteiger partial charge >= 0.3 is 6.03 Å². The fourth-order valence-corrected chi connectivity index (χ4v) is 2.55. The lowest BCUT2D eigenvalue weighted by molar-refractivity contribution is 0.252. The van der Waals surface area contributed by atoms with E-state index in [-0.39, 0.29) is 6.03 Å². The number of carbonyl (C=O) groups excluding carboxylic acids is 1. The van der Waals surface area contributed by atoms with Crippen LogP contribution in [0, 0.1) is 0 Å². The summed E-state index contributed by atoms with van der Waals surface area (Å²) in [4.78, 5) is 12.1. The highest BCUT2D eigenvalue weighted by atomic mass is 16.5. The molecular weight excluding hydrogens is 348 g/mol. The standard InChI is InChI=1S/C20H26N2O5/c1-5-27-17-8-6-14(12-18(17)25-3)10-11-21-20(23)22-15-7-9-16(24-2)19(13-15)26-4/h6-9,12-13H,5,10-11H2,1-4H3,(H2,21,22,23). The Balaban J connectivity index is 1.87. The van der Waals surface area contributed by atoms with Gasteiger partial charge in [-0.15, -0.1) is 0 Å². The average Bonchev–Trinajstić information content (AvgIpc) is 2.69. The summed E-state index contributed by atoms with van der Waals surface area (Å²) in [6.07, 6.45) is 0.669. The fourth-order valence-electron chi connectivity index (χ4n) is 2.55. The van der Waals surface area contributed by atoms with Crippen molar-refractivity contribution in [2.45, 2.75) is 13.3 Å². The van der Waals surface area contributed by atoms with Crippen molar-refractivity contribution in [2.24, 2.45) is 0 Å². The molecule has 0 saturated heterocycles. The third-order valence-corrected chi connectivity index (χ3v) is 3.87. The lowest BCUT2D eigenvalue weighted by Gasteiger charge is -2.12. The van der Waals surface area contributed by atoms with Crippen LogP contribution >= 0.6 is 0 Å². The second-order valence-corrected chi connectivity index (χ2v) is 5.62. The molecule has 0 heterocycles. The maximum atomic E-state index is 12.1. The van der Waals surface area contributed by atoms with E-state index in [0.29, 0.717) is 48.3 Å². The lowest BCUT2D eigenvalue weighted by atomic mass is 10.1. The Labute approximate surface area is 159 Å². The monoisotopic (exact) mass is 374 g/mol. The third-order valence-electron chi connectivity index (χ3n) is 3.87. The molecule has 7 heteroatoms. The molecule has 0 aromatic heterocycles. The second kappa shape index (κ2) is 10.2. The van der Waals surface area contributed by atoms with Crippen molar-refractivity contribution >= 4 is 11.7 Å². The minimum absolute atomic E-state index is 0.292. The Hall–Kier alpha value is -3.09. The molecule has 2 amide bonds. The van der Waals surface area contributed by atoms with Crippen molar-refractivity contribution in [2.75, 3.05) is 39.8 Å². The first-order valence-corrected chi connectivity index (χ1v) is 8.67. The Morgan fingerprint density at radius 3 is 2.22 bits per heavy atom. The van der Waals surface area contributed by atoms with Crippen LogP contribution in [0.5, 0.6) is 23.0 Å². The topological polar surface area (TPSA) is 78.1 Å². The number of amides is 2. The van der Waals surface area contributed by atoms with Gasteiger partial charge in [0.25, 0.3) is 0 Å². The van der Waals surface area contributed by atoms with Crippen molar-refractivity contribution < 1.29 is 23.7 Å². The molecule has 0 unspecified atom stereocenters. The molecule has 2 rings (SSSR count). The molecule has 0 saturated carbocycles. The summed E-state index contributed by atoms with van der Waals surface area (Å²) in [7, 11) is 4.72. The van der Waals surface area contributed by atoms with Gasteiger partial charge in [0.15, 0.2) is 23.0 Å². The van der Waals surface area contributed by atoms with Crippen LogP contribution in [0.15, 0.2) is 36.4 Å². The number of hydrogen-bond acceptors (Lipinski definition) is 5. The number of benzene rings is 2. The molecule has 0 fully saturated rings. The van der Waals surface area contributed by atoms with Crippen LogP contribution in [0.1, 0.15) is 12.5 Å². The second-order valence-electron chi connectivity index (χ2n) is 5.62. The van der Waals surface area contributed by atoms with Gasteiger partial charge in [-0.2, -0.15) is 0 Å². The Morgan fingerprint density at radius 1 is 0.889 bits per heavy atom. The van der Waals surface area contributed by atoms with Crippen molar-refractivity contribution in [1.82, 2.24) is 5.32 Å². The smallest absolute Gasteiger partial charge is 0.319 e. The van der Waals surface area contributed by atoms with Gasteiger partial charge in [0, 0.05) is 18.3 Å². The number of rotatable bonds is 9. The maximum Gasteiger partial charge on any atom is 0.319 e. The molecule has 2 N–H and O–H groups in total. The number of ether oxygens (including phenoxy) is 4. The molecule has 0 aliphatic rings. The zero-order chi connectivity index (χ0) is 19.6. The zero-order valence-corrected chi connectivity index (χ0v) is 16.1. The van der Waals surface area contributed by atoms with E-state index >= 15 is 0 Å². The van der Waals surface area contributed by atoms with Crippen molar-refractivity contribution in [3.05, 3.63) is 42.0 Å². The molecule has 2 aromatic carbocycles. The van der Waals surface area contributed by atoms with Crippen LogP contribution in [0.4, 0.5) is 10.5 Å². The molecule has 0 spiro atoms. The molecule has 27 heavy (non-hydrogen) atoms. The highest BCUT2D eigenvalue weighted by Gasteiger charge is 2.08. The number of urea groups is 1. The van der Waals surface area contributed by atoms with Gasteiger partial charge in [-0.1, -0.05) is 6.07 Å². The summed E-state index contributed by atoms with van der Waals surface area (Å²) in [5.74, 6) is 2.55. The highest BCUT2D eigenvalue weighted by molar-refractivity contribution is 5.89. The third kappa shape index (κ3) is 5.70. The number of methoxy groups -OCH3 is 3. The van der Waals surface area contributed by atoms with Gasteiger partial charge in [-0.3, -0.25) is 0 Å². The Kier molecular flexibility index (Phi) is 7.61. The fraction of sp³-hybridized carbons (Fsp3) is 0.350. The normalized spacial score (nSPS) is 10.1. The quantitative estimate of drug-likeness (QED) is 0.703. The summed E-state index contributed by atoms with van der Waals surface area (Å²) >= 11 is 0. The Bertz CT molecular complexity index is 764. The van der Waals surface area contributed by atoms with Crippen LogP contribution in [0.2, 0.25) is 0 Å².